The zero-order chi connectivity index (χ0) is 13.0. The van der Waals surface area contributed by atoms with Crippen LogP contribution in [0.5, 0.6) is 0 Å². The summed E-state index contributed by atoms with van der Waals surface area (Å²) in [6.45, 7) is 0. The Labute approximate surface area is 108 Å². The van der Waals surface area contributed by atoms with E-state index < -0.39 is 5.76 Å². The predicted molar refractivity (Wildman–Crippen MR) is 69.7 cm³/mol. The molecule has 1 saturated carbocycles. The minimum absolute atomic E-state index is 0.345. The first kappa shape index (κ1) is 13.1. The van der Waals surface area contributed by atoms with Crippen LogP contribution in [-0.4, -0.2) is 17.8 Å². The Balaban J connectivity index is 1.96. The lowest BCUT2D eigenvalue weighted by atomic mass is 10.3. The van der Waals surface area contributed by atoms with Crippen molar-refractivity contribution < 1.29 is 8.78 Å². The number of nitrogens with zero attached hydrogens (tertiary/aromatic N) is 1. The molecule has 0 unspecified atom stereocenters. The van der Waals surface area contributed by atoms with Crippen molar-refractivity contribution in [3.05, 3.63) is 24.3 Å². The highest BCUT2D eigenvalue weighted by Crippen LogP contribution is 2.26. The standard InChI is InChI=1S/C11H14F2N4S/c12-10(13)18-9-5-3-8(4-6-9)16-11(17-14)15-7-1-2-7/h3-7,10H,1-2,14H2,(H2,15,16,17). The van der Waals surface area contributed by atoms with Gasteiger partial charge in [0.05, 0.1) is 6.04 Å². The summed E-state index contributed by atoms with van der Waals surface area (Å²) >= 11 is 0.521. The number of anilines is 1. The summed E-state index contributed by atoms with van der Waals surface area (Å²) in [5.41, 5.74) is 3.24. The van der Waals surface area contributed by atoms with E-state index in [4.69, 9.17) is 5.84 Å². The second-order valence-corrected chi connectivity index (χ2v) is 4.94. The second-order valence-electron chi connectivity index (χ2n) is 3.88. The number of nitrogens with one attached hydrogen (secondary N) is 2. The third-order valence-electron chi connectivity index (χ3n) is 2.34. The van der Waals surface area contributed by atoms with Crippen LogP contribution in [0.1, 0.15) is 12.8 Å². The normalized spacial score (nSPS) is 15.9. The molecule has 0 radical (unpaired) electrons. The van der Waals surface area contributed by atoms with Gasteiger partial charge in [-0.05, 0) is 37.1 Å². The number of benzene rings is 1. The van der Waals surface area contributed by atoms with E-state index in [0.717, 1.165) is 18.5 Å². The van der Waals surface area contributed by atoms with Crippen molar-refractivity contribution in [3.8, 4) is 0 Å². The molecule has 4 nitrogen and oxygen atoms in total. The van der Waals surface area contributed by atoms with Gasteiger partial charge in [0.25, 0.3) is 5.76 Å². The number of nitrogens with two attached hydrogens (primary N) is 1. The van der Waals surface area contributed by atoms with Gasteiger partial charge < -0.3 is 5.32 Å². The Morgan fingerprint density at radius 1 is 1.33 bits per heavy atom. The largest absolute Gasteiger partial charge is 0.325 e. The average Bonchev–Trinajstić information content (AvgIpc) is 3.14. The maximum atomic E-state index is 12.1. The van der Waals surface area contributed by atoms with Crippen molar-refractivity contribution >= 4 is 23.4 Å². The minimum atomic E-state index is -2.40. The lowest BCUT2D eigenvalue weighted by Gasteiger charge is -2.09. The van der Waals surface area contributed by atoms with Gasteiger partial charge in [0.15, 0.2) is 0 Å². The molecule has 1 aliphatic carbocycles. The highest BCUT2D eigenvalue weighted by molar-refractivity contribution is 7.99. The molecule has 2 rings (SSSR count). The number of hydrogen-bond donors (Lipinski definition) is 3. The van der Waals surface area contributed by atoms with Crippen molar-refractivity contribution in [1.82, 2.24) is 5.43 Å². The smallest absolute Gasteiger partial charge is 0.288 e. The quantitative estimate of drug-likeness (QED) is 0.259. The molecule has 0 bridgehead atoms. The SMILES string of the molecule is NNC(=NC1CC1)Nc1ccc(SC(F)F)cc1. The molecule has 0 heterocycles. The lowest BCUT2D eigenvalue weighted by Crippen LogP contribution is -2.36. The third-order valence-corrected chi connectivity index (χ3v) is 3.06. The van der Waals surface area contributed by atoms with Crippen LogP contribution in [0, 0.1) is 0 Å². The van der Waals surface area contributed by atoms with Crippen molar-refractivity contribution in [2.45, 2.75) is 29.5 Å². The van der Waals surface area contributed by atoms with Crippen LogP contribution in [0.3, 0.4) is 0 Å². The maximum absolute atomic E-state index is 12.1. The number of rotatable bonds is 4. The fourth-order valence-electron chi connectivity index (χ4n) is 1.35. The number of halogens is 2. The molecule has 4 N–H and O–H groups in total. The van der Waals surface area contributed by atoms with E-state index in [0.29, 0.717) is 28.7 Å². The number of thioether (sulfide) groups is 1. The fourth-order valence-corrected chi connectivity index (χ4v) is 1.85. The third kappa shape index (κ3) is 4.15. The van der Waals surface area contributed by atoms with E-state index in [1.165, 1.54) is 0 Å². The summed E-state index contributed by atoms with van der Waals surface area (Å²) in [6, 6.07) is 7.03. The molecule has 0 saturated heterocycles. The molecule has 18 heavy (non-hydrogen) atoms. The van der Waals surface area contributed by atoms with E-state index in [-0.39, 0.29) is 0 Å². The molecular weight excluding hydrogens is 258 g/mol. The molecule has 0 aliphatic heterocycles. The molecule has 7 heteroatoms. The lowest BCUT2D eigenvalue weighted by molar-refractivity contribution is 0.252. The Morgan fingerprint density at radius 2 is 2.00 bits per heavy atom. The van der Waals surface area contributed by atoms with Crippen LogP contribution in [0.2, 0.25) is 0 Å². The molecular formula is C11H14F2N4S. The molecule has 1 aliphatic rings. The zero-order valence-corrected chi connectivity index (χ0v) is 10.4. The number of aliphatic imine (C=N–C) groups is 1. The monoisotopic (exact) mass is 272 g/mol. The van der Waals surface area contributed by atoms with Gasteiger partial charge in [-0.15, -0.1) is 0 Å². The van der Waals surface area contributed by atoms with Crippen molar-refractivity contribution in [3.63, 3.8) is 0 Å². The van der Waals surface area contributed by atoms with Crippen LogP contribution < -0.4 is 16.6 Å². The molecule has 1 aromatic carbocycles. The Morgan fingerprint density at radius 3 is 2.50 bits per heavy atom. The van der Waals surface area contributed by atoms with Gasteiger partial charge in [-0.25, -0.2) is 10.8 Å². The number of hydrogen-bond acceptors (Lipinski definition) is 3. The van der Waals surface area contributed by atoms with Gasteiger partial charge in [0.2, 0.25) is 5.96 Å². The van der Waals surface area contributed by atoms with Crippen LogP contribution in [0.25, 0.3) is 0 Å². The summed E-state index contributed by atoms with van der Waals surface area (Å²) in [6.07, 6.45) is 2.16. The van der Waals surface area contributed by atoms with Gasteiger partial charge in [-0.3, -0.25) is 5.43 Å². The van der Waals surface area contributed by atoms with E-state index >= 15 is 0 Å². The van der Waals surface area contributed by atoms with E-state index in [1.807, 2.05) is 0 Å². The molecule has 0 amide bonds. The van der Waals surface area contributed by atoms with Crippen molar-refractivity contribution in [1.29, 1.82) is 0 Å². The van der Waals surface area contributed by atoms with Gasteiger partial charge in [0.1, 0.15) is 0 Å². The zero-order valence-electron chi connectivity index (χ0n) is 9.57. The van der Waals surface area contributed by atoms with Crippen molar-refractivity contribution in [2.75, 3.05) is 5.32 Å². The van der Waals surface area contributed by atoms with E-state index in [1.54, 1.807) is 24.3 Å². The summed E-state index contributed by atoms with van der Waals surface area (Å²) in [7, 11) is 0. The number of guanidine groups is 1. The fraction of sp³-hybridized carbons (Fsp3) is 0.364. The second kappa shape index (κ2) is 6.01. The highest BCUT2D eigenvalue weighted by Gasteiger charge is 2.20. The molecule has 0 atom stereocenters. The van der Waals surface area contributed by atoms with Crippen LogP contribution in [-0.2, 0) is 0 Å². The Hall–Kier alpha value is -1.34. The molecule has 98 valence electrons. The molecule has 0 spiro atoms. The maximum Gasteiger partial charge on any atom is 0.288 e. The average molecular weight is 272 g/mol. The Kier molecular flexibility index (Phi) is 4.38. The summed E-state index contributed by atoms with van der Waals surface area (Å²) in [4.78, 5) is 4.84. The topological polar surface area (TPSA) is 62.4 Å². The summed E-state index contributed by atoms with van der Waals surface area (Å²) in [5, 5.41) is 3.00. The van der Waals surface area contributed by atoms with E-state index in [2.05, 4.69) is 15.7 Å². The van der Waals surface area contributed by atoms with Gasteiger partial charge in [-0.1, -0.05) is 11.8 Å². The molecule has 1 fully saturated rings. The molecule has 0 aromatic heterocycles. The van der Waals surface area contributed by atoms with Crippen molar-refractivity contribution in [2.24, 2.45) is 10.8 Å². The van der Waals surface area contributed by atoms with Gasteiger partial charge in [-0.2, -0.15) is 8.78 Å². The molecule has 1 aromatic rings. The van der Waals surface area contributed by atoms with Gasteiger partial charge in [0, 0.05) is 10.6 Å². The van der Waals surface area contributed by atoms with Gasteiger partial charge >= 0.3 is 0 Å². The van der Waals surface area contributed by atoms with Crippen LogP contribution in [0.15, 0.2) is 34.2 Å². The minimum Gasteiger partial charge on any atom is -0.325 e. The Bertz CT molecular complexity index is 418. The first-order valence-electron chi connectivity index (χ1n) is 5.53. The number of alkyl halides is 2. The first-order chi connectivity index (χ1) is 8.67. The summed E-state index contributed by atoms with van der Waals surface area (Å²) < 4.78 is 24.3. The number of hydrazine groups is 1. The van der Waals surface area contributed by atoms with Crippen LogP contribution >= 0.6 is 11.8 Å². The first-order valence-corrected chi connectivity index (χ1v) is 6.41. The highest BCUT2D eigenvalue weighted by atomic mass is 32.2. The predicted octanol–water partition coefficient (Wildman–Crippen LogP) is 2.39. The van der Waals surface area contributed by atoms with Crippen LogP contribution in [0.4, 0.5) is 14.5 Å². The van der Waals surface area contributed by atoms with E-state index in [9.17, 15) is 8.78 Å². The summed E-state index contributed by atoms with van der Waals surface area (Å²) in [5.74, 6) is 3.44.